The van der Waals surface area contributed by atoms with E-state index in [0.29, 0.717) is 16.7 Å². The molecule has 0 unspecified atom stereocenters. The summed E-state index contributed by atoms with van der Waals surface area (Å²) < 4.78 is 30.7. The van der Waals surface area contributed by atoms with Gasteiger partial charge in [0.1, 0.15) is 9.96 Å². The Morgan fingerprint density at radius 2 is 1.97 bits per heavy atom. The van der Waals surface area contributed by atoms with Crippen molar-refractivity contribution in [3.8, 4) is 5.75 Å². The van der Waals surface area contributed by atoms with Crippen molar-refractivity contribution in [2.75, 3.05) is 19.7 Å². The van der Waals surface area contributed by atoms with Crippen LogP contribution in [-0.2, 0) is 10.0 Å². The van der Waals surface area contributed by atoms with Crippen molar-refractivity contribution in [3.63, 3.8) is 0 Å². The summed E-state index contributed by atoms with van der Waals surface area (Å²) in [6.45, 7) is 2.07. The Balaban J connectivity index is 1.16. The first kappa shape index (κ1) is 20.5. The molecular weight excluding hydrogens is 408 g/mol. The number of sulfonamides is 1. The lowest BCUT2D eigenvalue weighted by Gasteiger charge is -2.17. The quantitative estimate of drug-likeness (QED) is 0.456. The summed E-state index contributed by atoms with van der Waals surface area (Å²) in [6, 6.07) is 10.8. The molecule has 1 saturated heterocycles. The van der Waals surface area contributed by atoms with Crippen molar-refractivity contribution in [1.29, 1.82) is 0 Å². The zero-order chi connectivity index (χ0) is 20.3. The fraction of sp³-hybridized carbons (Fsp3) is 0.476. The van der Waals surface area contributed by atoms with Gasteiger partial charge in [0.05, 0.1) is 6.61 Å². The summed E-state index contributed by atoms with van der Waals surface area (Å²) in [6.07, 6.45) is 4.93. The molecule has 0 amide bonds. The summed E-state index contributed by atoms with van der Waals surface area (Å²) in [7, 11) is -3.45. The van der Waals surface area contributed by atoms with Crippen LogP contribution in [-0.4, -0.2) is 38.9 Å². The lowest BCUT2D eigenvalue weighted by Crippen LogP contribution is -2.40. The summed E-state index contributed by atoms with van der Waals surface area (Å²) in [5.41, 5.74) is 0.774. The normalized spacial score (nSPS) is 20.1. The standard InChI is InChI=1S/C21H26N2O4S2/c24-21(17-5-6-17)18-7-9-19(10-8-18)27-13-1-3-16-11-12-23(15-16)22-29(25,26)20-4-2-14-28-20/h2,4,7-10,14,16-17,22H,1,3,5-6,11-13,15H2/t16-/m1/s1. The third kappa shape index (κ3) is 5.45. The smallest absolute Gasteiger partial charge is 0.262 e. The first-order valence-electron chi connectivity index (χ1n) is 10.1. The van der Waals surface area contributed by atoms with Crippen molar-refractivity contribution in [2.24, 2.45) is 11.8 Å². The van der Waals surface area contributed by atoms with Gasteiger partial charge in [-0.1, -0.05) is 6.07 Å². The van der Waals surface area contributed by atoms with Crippen molar-refractivity contribution >= 4 is 27.1 Å². The Labute approximate surface area is 175 Å². The lowest BCUT2D eigenvalue weighted by molar-refractivity contribution is 0.0967. The molecule has 2 aliphatic rings. The molecule has 1 saturated carbocycles. The van der Waals surface area contributed by atoms with Gasteiger partial charge in [0, 0.05) is 24.6 Å². The number of Topliss-reactive ketones (excluding diaryl/α,β-unsaturated/α-hetero) is 1. The van der Waals surface area contributed by atoms with E-state index in [9.17, 15) is 13.2 Å². The minimum Gasteiger partial charge on any atom is -0.494 e. The zero-order valence-electron chi connectivity index (χ0n) is 16.2. The number of carbonyl (C=O) groups excluding carboxylic acids is 1. The molecule has 0 spiro atoms. The first-order valence-corrected chi connectivity index (χ1v) is 12.5. The van der Waals surface area contributed by atoms with Crippen LogP contribution in [0.4, 0.5) is 0 Å². The van der Waals surface area contributed by atoms with E-state index in [1.807, 2.05) is 24.3 Å². The Bertz CT molecular complexity index is 922. The van der Waals surface area contributed by atoms with Crippen LogP contribution in [0, 0.1) is 11.8 Å². The SMILES string of the molecule is O=C(c1ccc(OCCC[C@@H]2CCN(NS(=O)(=O)c3cccs3)C2)cc1)C1CC1. The number of ether oxygens (including phenoxy) is 1. The van der Waals surface area contributed by atoms with Gasteiger partial charge >= 0.3 is 0 Å². The van der Waals surface area contributed by atoms with Crippen molar-refractivity contribution in [1.82, 2.24) is 9.84 Å². The van der Waals surface area contributed by atoms with Gasteiger partial charge in [0.15, 0.2) is 5.78 Å². The number of hydrogen-bond donors (Lipinski definition) is 1. The highest BCUT2D eigenvalue weighted by Crippen LogP contribution is 2.33. The maximum absolute atomic E-state index is 12.3. The zero-order valence-corrected chi connectivity index (χ0v) is 17.9. The number of thiophene rings is 1. The average Bonchev–Trinajstić information content (AvgIpc) is 3.21. The lowest BCUT2D eigenvalue weighted by atomic mass is 10.0. The predicted molar refractivity (Wildman–Crippen MR) is 113 cm³/mol. The Hall–Kier alpha value is -1.74. The van der Waals surface area contributed by atoms with Crippen LogP contribution >= 0.6 is 11.3 Å². The highest BCUT2D eigenvalue weighted by atomic mass is 32.2. The molecule has 0 radical (unpaired) electrons. The number of hydrogen-bond acceptors (Lipinski definition) is 6. The second-order valence-corrected chi connectivity index (χ2v) is 10.6. The number of rotatable bonds is 10. The molecular formula is C21H26N2O4S2. The van der Waals surface area contributed by atoms with E-state index in [0.717, 1.165) is 56.5 Å². The predicted octanol–water partition coefficient (Wildman–Crippen LogP) is 3.72. The van der Waals surface area contributed by atoms with Crippen LogP contribution in [0.3, 0.4) is 0 Å². The van der Waals surface area contributed by atoms with Crippen molar-refractivity contribution < 1.29 is 17.9 Å². The third-order valence-corrected chi connectivity index (χ3v) is 8.18. The number of nitrogens with zero attached hydrogens (tertiary/aromatic N) is 1. The molecule has 1 aromatic heterocycles. The monoisotopic (exact) mass is 434 g/mol. The largest absolute Gasteiger partial charge is 0.494 e. The number of ketones is 1. The second-order valence-electron chi connectivity index (χ2n) is 7.78. The Kier molecular flexibility index (Phi) is 6.34. The molecule has 1 aliphatic carbocycles. The number of hydrazine groups is 1. The molecule has 1 aromatic carbocycles. The Morgan fingerprint density at radius 3 is 2.66 bits per heavy atom. The van der Waals surface area contributed by atoms with E-state index in [4.69, 9.17) is 4.74 Å². The van der Waals surface area contributed by atoms with E-state index < -0.39 is 10.0 Å². The number of nitrogens with one attached hydrogen (secondary N) is 1. The van der Waals surface area contributed by atoms with E-state index in [-0.39, 0.29) is 11.7 Å². The minimum absolute atomic E-state index is 0.238. The molecule has 8 heteroatoms. The second kappa shape index (κ2) is 8.95. The average molecular weight is 435 g/mol. The van der Waals surface area contributed by atoms with E-state index >= 15 is 0 Å². The van der Waals surface area contributed by atoms with Gasteiger partial charge in [-0.2, -0.15) is 0 Å². The van der Waals surface area contributed by atoms with Gasteiger partial charge in [-0.3, -0.25) is 4.79 Å². The molecule has 2 heterocycles. The molecule has 1 N–H and O–H groups in total. The fourth-order valence-corrected chi connectivity index (χ4v) is 5.73. The maximum atomic E-state index is 12.3. The van der Waals surface area contributed by atoms with Crippen molar-refractivity contribution in [2.45, 2.75) is 36.3 Å². The third-order valence-electron chi connectivity index (χ3n) is 5.41. The maximum Gasteiger partial charge on any atom is 0.262 e. The molecule has 2 aromatic rings. The molecule has 1 aliphatic heterocycles. The first-order chi connectivity index (χ1) is 14.0. The fourth-order valence-electron chi connectivity index (χ4n) is 3.64. The van der Waals surface area contributed by atoms with Gasteiger partial charge in [-0.15, -0.1) is 16.2 Å². The van der Waals surface area contributed by atoms with Gasteiger partial charge in [-0.25, -0.2) is 13.4 Å². The molecule has 0 bridgehead atoms. The summed E-state index contributed by atoms with van der Waals surface area (Å²) in [4.78, 5) is 14.7. The highest BCUT2D eigenvalue weighted by molar-refractivity contribution is 7.91. The minimum atomic E-state index is -3.45. The Morgan fingerprint density at radius 1 is 1.17 bits per heavy atom. The summed E-state index contributed by atoms with van der Waals surface area (Å²) in [5, 5.41) is 3.57. The van der Waals surface area contributed by atoms with Crippen LogP contribution in [0.2, 0.25) is 0 Å². The molecule has 6 nitrogen and oxygen atoms in total. The molecule has 156 valence electrons. The van der Waals surface area contributed by atoms with Crippen LogP contribution < -0.4 is 9.57 Å². The number of benzene rings is 1. The van der Waals surface area contributed by atoms with Crippen LogP contribution in [0.1, 0.15) is 42.5 Å². The van der Waals surface area contributed by atoms with Gasteiger partial charge < -0.3 is 4.74 Å². The van der Waals surface area contributed by atoms with Crippen LogP contribution in [0.15, 0.2) is 46.0 Å². The highest BCUT2D eigenvalue weighted by Gasteiger charge is 2.30. The van der Waals surface area contributed by atoms with Gasteiger partial charge in [-0.05, 0) is 73.7 Å². The van der Waals surface area contributed by atoms with E-state index in [1.165, 1.54) is 11.3 Å². The van der Waals surface area contributed by atoms with Crippen LogP contribution in [0.25, 0.3) is 0 Å². The van der Waals surface area contributed by atoms with Crippen LogP contribution in [0.5, 0.6) is 5.75 Å². The van der Waals surface area contributed by atoms with E-state index in [1.54, 1.807) is 22.5 Å². The van der Waals surface area contributed by atoms with Crippen molar-refractivity contribution in [3.05, 3.63) is 47.3 Å². The number of carbonyl (C=O) groups is 1. The van der Waals surface area contributed by atoms with Gasteiger partial charge in [0.2, 0.25) is 0 Å². The van der Waals surface area contributed by atoms with Gasteiger partial charge in [0.25, 0.3) is 10.0 Å². The molecule has 2 fully saturated rings. The molecule has 4 rings (SSSR count). The molecule has 29 heavy (non-hydrogen) atoms. The summed E-state index contributed by atoms with van der Waals surface area (Å²) >= 11 is 1.22. The molecule has 1 atom stereocenters. The summed E-state index contributed by atoms with van der Waals surface area (Å²) in [5.74, 6) is 1.73. The van der Waals surface area contributed by atoms with E-state index in [2.05, 4.69) is 4.83 Å². The topological polar surface area (TPSA) is 75.7 Å².